The lowest BCUT2D eigenvalue weighted by Gasteiger charge is -2.01. The number of rotatable bonds is 3. The Labute approximate surface area is 126 Å². The van der Waals surface area contributed by atoms with Crippen LogP contribution in [0.3, 0.4) is 0 Å². The zero-order chi connectivity index (χ0) is 15.1. The fraction of sp³-hybridized carbons (Fsp3) is 0.188. The molecule has 0 amide bonds. The first-order valence-electron chi connectivity index (χ1n) is 7.17. The second-order valence-electron chi connectivity index (χ2n) is 5.34. The number of aromatic hydroxyl groups is 1. The highest BCUT2D eigenvalue weighted by Gasteiger charge is 2.21. The third-order valence-corrected chi connectivity index (χ3v) is 3.94. The molecule has 6 heteroatoms. The van der Waals surface area contributed by atoms with Crippen molar-refractivity contribution in [3.8, 4) is 17.3 Å². The number of hydrogen-bond donors (Lipinski definition) is 2. The predicted molar refractivity (Wildman–Crippen MR) is 79.7 cm³/mol. The molecule has 22 heavy (non-hydrogen) atoms. The number of H-pyrrole nitrogens is 1. The SMILES string of the molecule is O=C(c1c[nH]c(-c2nnc3n2CCC3)c1)c1ccccc1O. The van der Waals surface area contributed by atoms with E-state index in [1.165, 1.54) is 6.07 Å². The molecule has 0 spiro atoms. The third-order valence-electron chi connectivity index (χ3n) is 3.94. The number of aromatic amines is 1. The van der Waals surface area contributed by atoms with Crippen LogP contribution in [0.5, 0.6) is 5.75 Å². The summed E-state index contributed by atoms with van der Waals surface area (Å²) in [6.07, 6.45) is 3.65. The van der Waals surface area contributed by atoms with Gasteiger partial charge in [0.15, 0.2) is 11.6 Å². The van der Waals surface area contributed by atoms with E-state index < -0.39 is 0 Å². The number of hydrogen-bond acceptors (Lipinski definition) is 4. The lowest BCUT2D eigenvalue weighted by Crippen LogP contribution is -2.00. The Morgan fingerprint density at radius 3 is 3.00 bits per heavy atom. The summed E-state index contributed by atoms with van der Waals surface area (Å²) in [5.41, 5.74) is 1.55. The maximum atomic E-state index is 12.5. The highest BCUT2D eigenvalue weighted by atomic mass is 16.3. The van der Waals surface area contributed by atoms with Crippen LogP contribution in [0.15, 0.2) is 36.5 Å². The van der Waals surface area contributed by atoms with Gasteiger partial charge in [0.1, 0.15) is 11.6 Å². The molecule has 1 aromatic carbocycles. The number of aryl methyl sites for hydroxylation is 1. The number of carbonyl (C=O) groups excluding carboxylic acids is 1. The van der Waals surface area contributed by atoms with Gasteiger partial charge in [-0.3, -0.25) is 4.79 Å². The molecule has 0 unspecified atom stereocenters. The molecule has 0 bridgehead atoms. The van der Waals surface area contributed by atoms with Crippen molar-refractivity contribution in [3.63, 3.8) is 0 Å². The molecule has 2 N–H and O–H groups in total. The molecule has 0 saturated heterocycles. The average Bonchev–Trinajstić information content (AvgIpc) is 3.23. The van der Waals surface area contributed by atoms with E-state index in [4.69, 9.17) is 0 Å². The molecule has 6 nitrogen and oxygen atoms in total. The Hall–Kier alpha value is -2.89. The van der Waals surface area contributed by atoms with E-state index in [0.29, 0.717) is 11.1 Å². The molecule has 2 aromatic heterocycles. The second kappa shape index (κ2) is 4.84. The van der Waals surface area contributed by atoms with Gasteiger partial charge in [-0.25, -0.2) is 0 Å². The fourth-order valence-electron chi connectivity index (χ4n) is 2.83. The fourth-order valence-corrected chi connectivity index (χ4v) is 2.83. The molecule has 3 heterocycles. The van der Waals surface area contributed by atoms with E-state index in [9.17, 15) is 9.90 Å². The Balaban J connectivity index is 1.70. The standard InChI is InChI=1S/C16H14N4O2/c21-13-5-2-1-4-11(13)15(22)10-8-12(17-9-10)16-19-18-14-6-3-7-20(14)16/h1-2,4-5,8-9,17,21H,3,6-7H2. The molecule has 1 aliphatic rings. The quantitative estimate of drug-likeness (QED) is 0.725. The Morgan fingerprint density at radius 2 is 2.14 bits per heavy atom. The first kappa shape index (κ1) is 12.8. The molecule has 0 aliphatic carbocycles. The van der Waals surface area contributed by atoms with Gasteiger partial charge in [0.05, 0.1) is 11.3 Å². The van der Waals surface area contributed by atoms with Crippen molar-refractivity contribution < 1.29 is 9.90 Å². The van der Waals surface area contributed by atoms with Crippen molar-refractivity contribution in [2.24, 2.45) is 0 Å². The largest absolute Gasteiger partial charge is 0.507 e. The summed E-state index contributed by atoms with van der Waals surface area (Å²) in [6.45, 7) is 0.902. The van der Waals surface area contributed by atoms with Gasteiger partial charge >= 0.3 is 0 Å². The van der Waals surface area contributed by atoms with E-state index in [0.717, 1.165) is 36.7 Å². The molecule has 0 atom stereocenters. The number of carbonyl (C=O) groups is 1. The Morgan fingerprint density at radius 1 is 1.27 bits per heavy atom. The number of nitrogens with zero attached hydrogens (tertiary/aromatic N) is 3. The number of benzene rings is 1. The first-order valence-corrected chi connectivity index (χ1v) is 7.17. The van der Waals surface area contributed by atoms with Gasteiger partial charge in [0.25, 0.3) is 0 Å². The van der Waals surface area contributed by atoms with Gasteiger partial charge in [-0.05, 0) is 24.6 Å². The van der Waals surface area contributed by atoms with E-state index in [1.54, 1.807) is 30.5 Å². The van der Waals surface area contributed by atoms with Crippen molar-refractivity contribution in [2.75, 3.05) is 0 Å². The van der Waals surface area contributed by atoms with Crippen molar-refractivity contribution in [1.82, 2.24) is 19.7 Å². The van der Waals surface area contributed by atoms with Crippen LogP contribution in [-0.2, 0) is 13.0 Å². The van der Waals surface area contributed by atoms with E-state index >= 15 is 0 Å². The van der Waals surface area contributed by atoms with E-state index in [-0.39, 0.29) is 11.5 Å². The van der Waals surface area contributed by atoms with Crippen LogP contribution in [0.4, 0.5) is 0 Å². The van der Waals surface area contributed by atoms with Gasteiger partial charge in [0, 0.05) is 24.7 Å². The van der Waals surface area contributed by atoms with Crippen LogP contribution in [0.1, 0.15) is 28.2 Å². The molecular weight excluding hydrogens is 280 g/mol. The van der Waals surface area contributed by atoms with Gasteiger partial charge in [0.2, 0.25) is 0 Å². The molecule has 4 rings (SSSR count). The second-order valence-corrected chi connectivity index (χ2v) is 5.34. The van der Waals surface area contributed by atoms with Crippen molar-refractivity contribution in [3.05, 3.63) is 53.5 Å². The lowest BCUT2D eigenvalue weighted by atomic mass is 10.0. The molecule has 110 valence electrons. The van der Waals surface area contributed by atoms with Gasteiger partial charge < -0.3 is 14.7 Å². The number of nitrogens with one attached hydrogen (secondary N) is 1. The first-order chi connectivity index (χ1) is 10.7. The van der Waals surface area contributed by atoms with Gasteiger partial charge in [-0.15, -0.1) is 10.2 Å². The molecule has 0 radical (unpaired) electrons. The summed E-state index contributed by atoms with van der Waals surface area (Å²) < 4.78 is 2.07. The van der Waals surface area contributed by atoms with Crippen LogP contribution >= 0.6 is 0 Å². The summed E-state index contributed by atoms with van der Waals surface area (Å²) in [7, 11) is 0. The number of phenols is 1. The number of ketones is 1. The Bertz CT molecular complexity index is 863. The van der Waals surface area contributed by atoms with E-state index in [1.807, 2.05) is 0 Å². The number of aromatic nitrogens is 4. The molecular formula is C16H14N4O2. The zero-order valence-corrected chi connectivity index (χ0v) is 11.8. The summed E-state index contributed by atoms with van der Waals surface area (Å²) in [6, 6.07) is 8.29. The normalized spacial score (nSPS) is 13.3. The molecule has 3 aromatic rings. The average molecular weight is 294 g/mol. The minimum atomic E-state index is -0.221. The highest BCUT2D eigenvalue weighted by Crippen LogP contribution is 2.25. The molecule has 1 aliphatic heterocycles. The smallest absolute Gasteiger partial charge is 0.198 e. The lowest BCUT2D eigenvalue weighted by molar-refractivity contribution is 0.103. The van der Waals surface area contributed by atoms with Crippen molar-refractivity contribution in [2.45, 2.75) is 19.4 Å². The van der Waals surface area contributed by atoms with Crippen LogP contribution in [-0.4, -0.2) is 30.6 Å². The summed E-state index contributed by atoms with van der Waals surface area (Å²) in [5.74, 6) is 1.50. The maximum Gasteiger partial charge on any atom is 0.198 e. The van der Waals surface area contributed by atoms with Crippen LogP contribution in [0.2, 0.25) is 0 Å². The van der Waals surface area contributed by atoms with Gasteiger partial charge in [-0.1, -0.05) is 12.1 Å². The summed E-state index contributed by atoms with van der Waals surface area (Å²) in [5, 5.41) is 18.2. The minimum absolute atomic E-state index is 0.0152. The van der Waals surface area contributed by atoms with Crippen LogP contribution in [0.25, 0.3) is 11.5 Å². The van der Waals surface area contributed by atoms with Gasteiger partial charge in [-0.2, -0.15) is 0 Å². The molecule has 0 fully saturated rings. The topological polar surface area (TPSA) is 83.8 Å². The number of para-hydroxylation sites is 1. The molecule has 0 saturated carbocycles. The number of phenolic OH excluding ortho intramolecular Hbond substituents is 1. The highest BCUT2D eigenvalue weighted by molar-refractivity contribution is 6.11. The van der Waals surface area contributed by atoms with Crippen LogP contribution < -0.4 is 0 Å². The summed E-state index contributed by atoms with van der Waals surface area (Å²) >= 11 is 0. The number of fused-ring (bicyclic) bond motifs is 1. The third kappa shape index (κ3) is 1.92. The monoisotopic (exact) mass is 294 g/mol. The van der Waals surface area contributed by atoms with Crippen molar-refractivity contribution in [1.29, 1.82) is 0 Å². The minimum Gasteiger partial charge on any atom is -0.507 e. The summed E-state index contributed by atoms with van der Waals surface area (Å²) in [4.78, 5) is 15.5. The zero-order valence-electron chi connectivity index (χ0n) is 11.8. The van der Waals surface area contributed by atoms with Crippen molar-refractivity contribution >= 4 is 5.78 Å². The maximum absolute atomic E-state index is 12.5. The Kier molecular flexibility index (Phi) is 2.82. The van der Waals surface area contributed by atoms with E-state index in [2.05, 4.69) is 19.7 Å². The predicted octanol–water partition coefficient (Wildman–Crippen LogP) is 2.16. The van der Waals surface area contributed by atoms with Crippen LogP contribution in [0, 0.1) is 0 Å².